The van der Waals surface area contributed by atoms with E-state index in [1.807, 2.05) is 0 Å². The monoisotopic (exact) mass is 552 g/mol. The average Bonchev–Trinajstić information content (AvgIpc) is 3.69. The number of rotatable bonds is 0. The molecule has 4 aliphatic heterocycles. The molecule has 0 saturated heterocycles. The highest BCUT2D eigenvalue weighted by molar-refractivity contribution is 6.20. The van der Waals surface area contributed by atoms with Gasteiger partial charge < -0.3 is 9.47 Å². The van der Waals surface area contributed by atoms with Crippen molar-refractivity contribution in [1.29, 1.82) is 0 Å². The highest BCUT2D eigenvalue weighted by Crippen LogP contribution is 2.62. The first kappa shape index (κ1) is 20.0. The number of nitrogens with zero attached hydrogens (tertiary/aromatic N) is 5. The molecule has 1 unspecified atom stereocenters. The number of imidazole rings is 1. The molecule has 7 nitrogen and oxygen atoms in total. The van der Waals surface area contributed by atoms with Crippen molar-refractivity contribution in [1.82, 2.24) is 13.7 Å². The predicted molar refractivity (Wildman–Crippen MR) is 163 cm³/mol. The minimum Gasteiger partial charge on any atom is -0.448 e. The van der Waals surface area contributed by atoms with E-state index in [-0.39, 0.29) is 0 Å². The van der Waals surface area contributed by atoms with Crippen LogP contribution < -0.4 is 23.5 Å². The van der Waals surface area contributed by atoms with Crippen LogP contribution in [0.15, 0.2) is 109 Å². The van der Waals surface area contributed by atoms with E-state index in [1.165, 1.54) is 38.0 Å². The predicted octanol–water partition coefficient (Wildman–Crippen LogP) is 7.47. The lowest BCUT2D eigenvalue weighted by Gasteiger charge is -2.35. The average molecular weight is 553 g/mol. The first-order valence-corrected chi connectivity index (χ1v) is 14.6. The molecule has 0 bridgehead atoms. The summed E-state index contributed by atoms with van der Waals surface area (Å²) in [4.78, 5) is 0. The third-order valence-corrected chi connectivity index (χ3v) is 10.2. The second-order valence-electron chi connectivity index (χ2n) is 12.0. The van der Waals surface area contributed by atoms with Gasteiger partial charge in [0.05, 0.1) is 10.1 Å². The Bertz CT molecular complexity index is 2920. The number of pyridine rings is 2. The molecule has 1 atom stereocenters. The van der Waals surface area contributed by atoms with Crippen LogP contribution in [0.3, 0.4) is 0 Å². The molecule has 8 heterocycles. The van der Waals surface area contributed by atoms with Crippen LogP contribution in [-0.2, 0) is 0 Å². The summed E-state index contributed by atoms with van der Waals surface area (Å²) in [6, 6.07) is 36.9. The maximum Gasteiger partial charge on any atom is 0.358 e. The van der Waals surface area contributed by atoms with Crippen LogP contribution in [0.5, 0.6) is 23.0 Å². The number of fused-ring (bicyclic) bond motifs is 7. The van der Waals surface area contributed by atoms with Crippen molar-refractivity contribution < 1.29 is 18.8 Å². The van der Waals surface area contributed by atoms with Crippen molar-refractivity contribution in [3.05, 3.63) is 109 Å². The van der Waals surface area contributed by atoms with Gasteiger partial charge in [0.25, 0.3) is 5.69 Å². The van der Waals surface area contributed by atoms with Crippen molar-refractivity contribution in [3.8, 4) is 28.7 Å². The zero-order chi connectivity index (χ0) is 27.3. The summed E-state index contributed by atoms with van der Waals surface area (Å²) < 4.78 is 23.8. The van der Waals surface area contributed by atoms with E-state index in [9.17, 15) is 0 Å². The minimum absolute atomic E-state index is 0.320. The van der Waals surface area contributed by atoms with Crippen molar-refractivity contribution in [3.63, 3.8) is 0 Å². The topological polar surface area (TPSA) is 35.6 Å². The summed E-state index contributed by atoms with van der Waals surface area (Å²) in [5.41, 5.74) is 10.1. The van der Waals surface area contributed by atoms with Crippen LogP contribution in [0.1, 0.15) is 0 Å². The molecule has 0 aliphatic carbocycles. The fourth-order valence-corrected chi connectivity index (χ4v) is 8.84. The van der Waals surface area contributed by atoms with E-state index in [4.69, 9.17) is 9.47 Å². The van der Waals surface area contributed by atoms with E-state index in [0.29, 0.717) is 4.70 Å². The largest absolute Gasteiger partial charge is 0.448 e. The van der Waals surface area contributed by atoms with Gasteiger partial charge in [-0.2, -0.15) is 8.97 Å². The summed E-state index contributed by atoms with van der Waals surface area (Å²) in [6.45, 7) is 0. The molecule has 0 radical (unpaired) electrons. The van der Waals surface area contributed by atoms with Gasteiger partial charge in [-0.1, -0.05) is 36.4 Å². The molecule has 0 N–H and O–H groups in total. The second-order valence-corrected chi connectivity index (χ2v) is 12.0. The van der Waals surface area contributed by atoms with Crippen molar-refractivity contribution in [2.45, 2.75) is 0 Å². The number of hydrogen-bond acceptors (Lipinski definition) is 2. The Morgan fingerprint density at radius 3 is 2.30 bits per heavy atom. The van der Waals surface area contributed by atoms with Gasteiger partial charge in [0.2, 0.25) is 17.0 Å². The van der Waals surface area contributed by atoms with Crippen LogP contribution in [-0.4, -0.2) is 8.97 Å². The molecule has 13 rings (SSSR count). The van der Waals surface area contributed by atoms with Crippen LogP contribution in [0, 0.1) is 0 Å². The Labute approximate surface area is 241 Å². The maximum absolute atomic E-state index is 6.88. The van der Waals surface area contributed by atoms with E-state index in [1.54, 1.807) is 0 Å². The Morgan fingerprint density at radius 2 is 1.33 bits per heavy atom. The van der Waals surface area contributed by atoms with Gasteiger partial charge in [-0.05, 0) is 71.4 Å². The van der Waals surface area contributed by atoms with Gasteiger partial charge in [0.15, 0.2) is 39.9 Å². The number of benzene rings is 5. The van der Waals surface area contributed by atoms with Crippen molar-refractivity contribution in [2.24, 2.45) is 0 Å². The molecule has 1 spiro atoms. The maximum atomic E-state index is 6.88. The molecule has 4 aliphatic rings. The number of para-hydroxylation sites is 4. The zero-order valence-electron chi connectivity index (χ0n) is 22.4. The number of ether oxygens (including phenoxy) is 2. The fourth-order valence-electron chi connectivity index (χ4n) is 8.84. The Kier molecular flexibility index (Phi) is 2.79. The summed E-state index contributed by atoms with van der Waals surface area (Å²) >= 11 is 0. The van der Waals surface area contributed by atoms with Crippen LogP contribution in [0.4, 0.5) is 11.4 Å². The highest BCUT2D eigenvalue weighted by atomic mass is 16.5. The zero-order valence-corrected chi connectivity index (χ0v) is 22.4. The van der Waals surface area contributed by atoms with E-state index >= 15 is 0 Å². The standard InChI is InChI=1S/C36H18N5O2/c1-2-10-23-19(7-1)20-14-15-28-33-30(20)36-38(23)24-11-3-4-12-25(24)40(36)41(33)34-29(43-28)17-16-27-32(34)39-31-21(8-5-13-26(31)42-27)22-9-6-18-37(41)35(22)39/h1-18H/q+3. The third kappa shape index (κ3) is 1.77. The van der Waals surface area contributed by atoms with Gasteiger partial charge in [-0.25, -0.2) is 0 Å². The first-order chi connectivity index (χ1) is 21.4. The Balaban J connectivity index is 1.43. The first-order valence-electron chi connectivity index (χ1n) is 14.6. The fraction of sp³-hybridized carbons (Fsp3) is 0. The smallest absolute Gasteiger partial charge is 0.358 e. The van der Waals surface area contributed by atoms with Gasteiger partial charge in [-0.3, -0.25) is 0 Å². The van der Waals surface area contributed by atoms with Crippen LogP contribution in [0.2, 0.25) is 0 Å². The molecular formula is C36H18N5O2+3. The molecule has 5 aromatic carbocycles. The molecule has 196 valence electrons. The lowest BCUT2D eigenvalue weighted by Crippen LogP contribution is -2.84. The molecule has 0 fully saturated rings. The van der Waals surface area contributed by atoms with E-state index in [2.05, 4.69) is 128 Å². The van der Waals surface area contributed by atoms with Crippen LogP contribution >= 0.6 is 0 Å². The van der Waals surface area contributed by atoms with Gasteiger partial charge in [0.1, 0.15) is 5.52 Å². The molecule has 9 aromatic rings. The lowest BCUT2D eigenvalue weighted by molar-refractivity contribution is -1.01. The lowest BCUT2D eigenvalue weighted by atomic mass is 10.0. The summed E-state index contributed by atoms with van der Waals surface area (Å²) in [6.07, 6.45) is 2.24. The number of aromatic nitrogens is 4. The molecule has 43 heavy (non-hydrogen) atoms. The molecular weight excluding hydrogens is 534 g/mol. The summed E-state index contributed by atoms with van der Waals surface area (Å²) in [5, 5.41) is 6.04. The molecule has 4 aromatic heterocycles. The Morgan fingerprint density at radius 1 is 0.558 bits per heavy atom. The minimum atomic E-state index is 0.320. The van der Waals surface area contributed by atoms with Crippen molar-refractivity contribution in [2.75, 3.05) is 0 Å². The second kappa shape index (κ2) is 5.99. The Hall–Kier alpha value is -5.92. The van der Waals surface area contributed by atoms with Gasteiger partial charge in [-0.15, -0.1) is 0 Å². The number of hydrogen-bond donors (Lipinski definition) is 0. The van der Waals surface area contributed by atoms with Crippen LogP contribution in [0.25, 0.3) is 66.0 Å². The normalized spacial score (nSPS) is 17.8. The number of quaternary nitrogens is 1. The van der Waals surface area contributed by atoms with E-state index in [0.717, 1.165) is 62.4 Å². The summed E-state index contributed by atoms with van der Waals surface area (Å²) in [5.74, 6) is 3.42. The van der Waals surface area contributed by atoms with E-state index < -0.39 is 0 Å². The van der Waals surface area contributed by atoms with Gasteiger partial charge >= 0.3 is 17.0 Å². The molecule has 0 amide bonds. The van der Waals surface area contributed by atoms with Crippen molar-refractivity contribution >= 4 is 71.7 Å². The molecule has 7 heteroatoms. The highest BCUT2D eigenvalue weighted by Gasteiger charge is 2.69. The SMILES string of the molecule is c1cc2c3c(c1)c1ccc[n+]4c1n3-c1c(ccc3c1[N+]41c4c(ccc5c6ccccc6n6c7ccccc7[n+]1c6c45)O3)O2. The quantitative estimate of drug-likeness (QED) is 0.111. The third-order valence-electron chi connectivity index (χ3n) is 10.2. The summed E-state index contributed by atoms with van der Waals surface area (Å²) in [7, 11) is 0. The molecule has 0 saturated carbocycles. The van der Waals surface area contributed by atoms with Gasteiger partial charge in [0, 0.05) is 20.8 Å².